The van der Waals surface area contributed by atoms with E-state index in [-0.39, 0.29) is 6.04 Å². The summed E-state index contributed by atoms with van der Waals surface area (Å²) in [5, 5.41) is 7.96. The average molecular weight is 192 g/mol. The van der Waals surface area contributed by atoms with Crippen LogP contribution in [0.5, 0.6) is 0 Å². The van der Waals surface area contributed by atoms with Crippen molar-refractivity contribution in [2.24, 2.45) is 12.8 Å². The van der Waals surface area contributed by atoms with Gasteiger partial charge in [0.05, 0.1) is 12.2 Å². The van der Waals surface area contributed by atoms with E-state index in [4.69, 9.17) is 10.3 Å². The first-order valence-corrected chi connectivity index (χ1v) is 4.38. The van der Waals surface area contributed by atoms with Crippen LogP contribution in [0.1, 0.15) is 18.7 Å². The zero-order valence-electron chi connectivity index (χ0n) is 8.14. The lowest BCUT2D eigenvalue weighted by atomic mass is 10.2. The van der Waals surface area contributed by atoms with Crippen LogP contribution in [-0.4, -0.2) is 14.9 Å². The molecule has 1 atom stereocenters. The summed E-state index contributed by atoms with van der Waals surface area (Å²) in [6.45, 7) is 1.85. The molecule has 2 heterocycles. The van der Waals surface area contributed by atoms with Crippen LogP contribution in [0.15, 0.2) is 23.0 Å². The molecule has 2 N–H and O–H groups in total. The minimum atomic E-state index is -0.132. The van der Waals surface area contributed by atoms with Crippen molar-refractivity contribution in [2.45, 2.75) is 13.0 Å². The summed E-state index contributed by atoms with van der Waals surface area (Å²) in [5.74, 6) is 0.684. The highest BCUT2D eigenvalue weighted by Gasteiger charge is 2.10. The maximum Gasteiger partial charge on any atom is 0.153 e. The van der Waals surface area contributed by atoms with Crippen LogP contribution in [0, 0.1) is 0 Å². The fourth-order valence-corrected chi connectivity index (χ4v) is 1.19. The minimum absolute atomic E-state index is 0.132. The van der Waals surface area contributed by atoms with E-state index < -0.39 is 0 Å². The van der Waals surface area contributed by atoms with Gasteiger partial charge in [-0.1, -0.05) is 5.16 Å². The molecule has 0 aromatic carbocycles. The summed E-state index contributed by atoms with van der Waals surface area (Å²) in [5.41, 5.74) is 7.36. The Kier molecular flexibility index (Phi) is 2.09. The van der Waals surface area contributed by atoms with Gasteiger partial charge in [0.25, 0.3) is 0 Å². The zero-order chi connectivity index (χ0) is 10.1. The summed E-state index contributed by atoms with van der Waals surface area (Å²) in [4.78, 5) is 0. The van der Waals surface area contributed by atoms with E-state index in [0.717, 1.165) is 11.3 Å². The molecular formula is C9H12N4O. The van der Waals surface area contributed by atoms with Gasteiger partial charge < -0.3 is 10.3 Å². The normalized spacial score (nSPS) is 13.1. The highest BCUT2D eigenvalue weighted by Crippen LogP contribution is 2.20. The molecular weight excluding hydrogens is 180 g/mol. The van der Waals surface area contributed by atoms with E-state index in [1.807, 2.05) is 26.2 Å². The summed E-state index contributed by atoms with van der Waals surface area (Å²) in [7, 11) is 1.86. The average Bonchev–Trinajstić information content (AvgIpc) is 2.70. The fraction of sp³-hybridized carbons (Fsp3) is 0.333. The molecule has 2 aromatic rings. The number of aromatic nitrogens is 3. The van der Waals surface area contributed by atoms with Gasteiger partial charge >= 0.3 is 0 Å². The number of nitrogens with two attached hydrogens (primary N) is 1. The minimum Gasteiger partial charge on any atom is -0.359 e. The second kappa shape index (κ2) is 3.26. The fourth-order valence-electron chi connectivity index (χ4n) is 1.19. The van der Waals surface area contributed by atoms with Crippen LogP contribution in [0.2, 0.25) is 0 Å². The molecule has 0 aliphatic heterocycles. The van der Waals surface area contributed by atoms with Crippen LogP contribution in [0.25, 0.3) is 11.3 Å². The van der Waals surface area contributed by atoms with Gasteiger partial charge in [-0.15, -0.1) is 0 Å². The lowest BCUT2D eigenvalue weighted by molar-refractivity contribution is 0.369. The van der Waals surface area contributed by atoms with Gasteiger partial charge in [-0.25, -0.2) is 0 Å². The third-order valence-corrected chi connectivity index (χ3v) is 1.98. The van der Waals surface area contributed by atoms with Crippen molar-refractivity contribution in [2.75, 3.05) is 0 Å². The Morgan fingerprint density at radius 2 is 2.36 bits per heavy atom. The van der Waals surface area contributed by atoms with E-state index >= 15 is 0 Å². The van der Waals surface area contributed by atoms with E-state index in [0.29, 0.717) is 5.76 Å². The Balaban J connectivity index is 2.33. The van der Waals surface area contributed by atoms with Crippen LogP contribution < -0.4 is 5.73 Å². The highest BCUT2D eigenvalue weighted by atomic mass is 16.5. The second-order valence-corrected chi connectivity index (χ2v) is 3.31. The Labute approximate surface area is 81.5 Å². The van der Waals surface area contributed by atoms with E-state index in [2.05, 4.69) is 10.3 Å². The van der Waals surface area contributed by atoms with E-state index in [1.165, 1.54) is 0 Å². The van der Waals surface area contributed by atoms with Gasteiger partial charge in [-0.2, -0.15) is 5.10 Å². The van der Waals surface area contributed by atoms with Crippen molar-refractivity contribution >= 4 is 0 Å². The quantitative estimate of drug-likeness (QED) is 0.773. The SMILES string of the molecule is CC(N)c1cc(-c2cnn(C)c2)no1. The summed E-state index contributed by atoms with van der Waals surface area (Å²) in [6.07, 6.45) is 3.62. The number of rotatable bonds is 2. The van der Waals surface area contributed by atoms with Gasteiger partial charge in [-0.3, -0.25) is 4.68 Å². The predicted octanol–water partition coefficient (Wildman–Crippen LogP) is 1.09. The molecule has 2 rings (SSSR count). The lowest BCUT2D eigenvalue weighted by Crippen LogP contribution is -2.02. The number of hydrogen-bond acceptors (Lipinski definition) is 4. The second-order valence-electron chi connectivity index (χ2n) is 3.31. The molecule has 2 aromatic heterocycles. The van der Waals surface area contributed by atoms with Crippen molar-refractivity contribution in [3.63, 3.8) is 0 Å². The predicted molar refractivity (Wildman–Crippen MR) is 51.3 cm³/mol. The van der Waals surface area contributed by atoms with Gasteiger partial charge in [0, 0.05) is 24.9 Å². The third kappa shape index (κ3) is 1.54. The van der Waals surface area contributed by atoms with Crippen molar-refractivity contribution in [1.82, 2.24) is 14.9 Å². The number of nitrogens with zero attached hydrogens (tertiary/aromatic N) is 3. The first-order chi connectivity index (χ1) is 6.66. The molecule has 5 heteroatoms. The topological polar surface area (TPSA) is 69.9 Å². The van der Waals surface area contributed by atoms with Crippen molar-refractivity contribution < 1.29 is 4.52 Å². The van der Waals surface area contributed by atoms with Crippen LogP contribution in [0.3, 0.4) is 0 Å². The van der Waals surface area contributed by atoms with Gasteiger partial charge in [0.2, 0.25) is 0 Å². The molecule has 74 valence electrons. The molecule has 0 fully saturated rings. The Bertz CT molecular complexity index is 429. The molecule has 0 aliphatic rings. The first-order valence-electron chi connectivity index (χ1n) is 4.38. The van der Waals surface area contributed by atoms with Crippen LogP contribution >= 0.6 is 0 Å². The summed E-state index contributed by atoms with van der Waals surface area (Å²) >= 11 is 0. The Hall–Kier alpha value is -1.62. The Morgan fingerprint density at radius 1 is 1.57 bits per heavy atom. The van der Waals surface area contributed by atoms with Gasteiger partial charge in [0.1, 0.15) is 5.69 Å². The molecule has 5 nitrogen and oxygen atoms in total. The van der Waals surface area contributed by atoms with E-state index in [9.17, 15) is 0 Å². The number of aryl methyl sites for hydroxylation is 1. The van der Waals surface area contributed by atoms with Crippen LogP contribution in [-0.2, 0) is 7.05 Å². The zero-order valence-corrected chi connectivity index (χ0v) is 8.14. The molecule has 14 heavy (non-hydrogen) atoms. The van der Waals surface area contributed by atoms with Gasteiger partial charge in [-0.05, 0) is 6.92 Å². The number of hydrogen-bond donors (Lipinski definition) is 1. The summed E-state index contributed by atoms with van der Waals surface area (Å²) < 4.78 is 6.80. The highest BCUT2D eigenvalue weighted by molar-refractivity contribution is 5.56. The van der Waals surface area contributed by atoms with Crippen molar-refractivity contribution in [1.29, 1.82) is 0 Å². The maximum absolute atomic E-state index is 5.66. The third-order valence-electron chi connectivity index (χ3n) is 1.98. The largest absolute Gasteiger partial charge is 0.359 e. The first kappa shape index (κ1) is 8.96. The lowest BCUT2D eigenvalue weighted by Gasteiger charge is -1.94. The molecule has 0 spiro atoms. The molecule has 0 bridgehead atoms. The molecule has 0 amide bonds. The summed E-state index contributed by atoms with van der Waals surface area (Å²) in [6, 6.07) is 1.70. The van der Waals surface area contributed by atoms with Crippen molar-refractivity contribution in [3.8, 4) is 11.3 Å². The molecule has 0 saturated carbocycles. The van der Waals surface area contributed by atoms with Gasteiger partial charge in [0.15, 0.2) is 5.76 Å². The standard InChI is InChI=1S/C9H12N4O/c1-6(10)9-3-8(12-14-9)7-4-11-13(2)5-7/h3-6H,10H2,1-2H3. The Morgan fingerprint density at radius 3 is 2.86 bits per heavy atom. The van der Waals surface area contributed by atoms with Crippen molar-refractivity contribution in [3.05, 3.63) is 24.2 Å². The smallest absolute Gasteiger partial charge is 0.153 e. The molecule has 0 aliphatic carbocycles. The molecule has 1 unspecified atom stereocenters. The van der Waals surface area contributed by atoms with Crippen LogP contribution in [0.4, 0.5) is 0 Å². The maximum atomic E-state index is 5.66. The molecule has 0 saturated heterocycles. The monoisotopic (exact) mass is 192 g/mol. The molecule has 0 radical (unpaired) electrons. The van der Waals surface area contributed by atoms with E-state index in [1.54, 1.807) is 10.9 Å².